The highest BCUT2D eigenvalue weighted by Crippen LogP contribution is 2.14. The second-order valence-electron chi connectivity index (χ2n) is 4.61. The third-order valence-corrected chi connectivity index (χ3v) is 3.37. The fraction of sp³-hybridized carbons (Fsp3) is 0.188. The summed E-state index contributed by atoms with van der Waals surface area (Å²) in [5.41, 5.74) is 1.85. The van der Waals surface area contributed by atoms with Gasteiger partial charge in [-0.2, -0.15) is 0 Å². The predicted octanol–water partition coefficient (Wildman–Crippen LogP) is 4.11. The molecule has 1 amide bonds. The molecule has 21 heavy (non-hydrogen) atoms. The summed E-state index contributed by atoms with van der Waals surface area (Å²) in [6, 6.07) is 14.7. The van der Waals surface area contributed by atoms with Crippen LogP contribution in [0.4, 0.5) is 5.69 Å². The van der Waals surface area contributed by atoms with Crippen LogP contribution in [0.3, 0.4) is 0 Å². The maximum Gasteiger partial charge on any atom is 0.225 e. The van der Waals surface area contributed by atoms with E-state index in [2.05, 4.69) is 10.6 Å². The van der Waals surface area contributed by atoms with Crippen LogP contribution in [-0.4, -0.2) is 12.5 Å². The first-order valence-corrected chi connectivity index (χ1v) is 7.39. The van der Waals surface area contributed by atoms with Crippen LogP contribution in [0.2, 0.25) is 10.0 Å². The molecular weight excluding hydrogens is 307 g/mol. The van der Waals surface area contributed by atoms with E-state index in [1.807, 2.05) is 30.3 Å². The van der Waals surface area contributed by atoms with E-state index in [0.717, 1.165) is 10.6 Å². The van der Waals surface area contributed by atoms with Crippen molar-refractivity contribution < 1.29 is 4.79 Å². The Bertz CT molecular complexity index is 599. The average Bonchev–Trinajstić information content (AvgIpc) is 2.45. The highest BCUT2D eigenvalue weighted by atomic mass is 35.5. The minimum Gasteiger partial charge on any atom is -0.326 e. The summed E-state index contributed by atoms with van der Waals surface area (Å²) in [4.78, 5) is 11.8. The Hall–Kier alpha value is -1.55. The number of halogens is 2. The molecule has 2 rings (SSSR count). The topological polar surface area (TPSA) is 41.1 Å². The maximum absolute atomic E-state index is 11.8. The smallest absolute Gasteiger partial charge is 0.225 e. The highest BCUT2D eigenvalue weighted by Gasteiger charge is 2.02. The molecule has 0 radical (unpaired) electrons. The first-order chi connectivity index (χ1) is 10.1. The van der Waals surface area contributed by atoms with Gasteiger partial charge in [0.1, 0.15) is 0 Å². The molecular formula is C16H16Cl2N2O. The Morgan fingerprint density at radius 2 is 1.76 bits per heavy atom. The Morgan fingerprint density at radius 1 is 1.00 bits per heavy atom. The number of hydrogen-bond acceptors (Lipinski definition) is 2. The third kappa shape index (κ3) is 5.76. The number of carbonyl (C=O) groups excluding carboxylic acids is 1. The van der Waals surface area contributed by atoms with E-state index in [9.17, 15) is 4.79 Å². The zero-order valence-electron chi connectivity index (χ0n) is 11.4. The van der Waals surface area contributed by atoms with E-state index < -0.39 is 0 Å². The Kier molecular flexibility index (Phi) is 6.05. The van der Waals surface area contributed by atoms with Gasteiger partial charge < -0.3 is 10.6 Å². The van der Waals surface area contributed by atoms with Gasteiger partial charge in [0.25, 0.3) is 0 Å². The molecule has 2 aromatic rings. The van der Waals surface area contributed by atoms with Crippen LogP contribution in [-0.2, 0) is 11.3 Å². The van der Waals surface area contributed by atoms with E-state index in [-0.39, 0.29) is 5.91 Å². The van der Waals surface area contributed by atoms with E-state index in [1.165, 1.54) is 0 Å². The number of anilines is 1. The molecule has 0 fully saturated rings. The molecule has 2 N–H and O–H groups in total. The zero-order chi connectivity index (χ0) is 15.1. The van der Waals surface area contributed by atoms with Gasteiger partial charge in [0.05, 0.1) is 0 Å². The van der Waals surface area contributed by atoms with Gasteiger partial charge in [0, 0.05) is 35.2 Å². The lowest BCUT2D eigenvalue weighted by Gasteiger charge is -2.07. The van der Waals surface area contributed by atoms with Gasteiger partial charge in [0.15, 0.2) is 0 Å². The quantitative estimate of drug-likeness (QED) is 0.786. The standard InChI is InChI=1S/C16H16Cl2N2O/c17-13-6-4-12(5-7-13)11-19-9-8-16(21)20-15-3-1-2-14(18)10-15/h1-7,10,19H,8-9,11H2,(H,20,21). The van der Waals surface area contributed by atoms with Crippen molar-refractivity contribution in [1.29, 1.82) is 0 Å². The summed E-state index contributed by atoms with van der Waals surface area (Å²) in [7, 11) is 0. The number of nitrogens with one attached hydrogen (secondary N) is 2. The lowest BCUT2D eigenvalue weighted by molar-refractivity contribution is -0.116. The fourth-order valence-electron chi connectivity index (χ4n) is 1.83. The largest absolute Gasteiger partial charge is 0.326 e. The SMILES string of the molecule is O=C(CCNCc1ccc(Cl)cc1)Nc1cccc(Cl)c1. The first-order valence-electron chi connectivity index (χ1n) is 6.64. The molecule has 3 nitrogen and oxygen atoms in total. The average molecular weight is 323 g/mol. The van der Waals surface area contributed by atoms with Gasteiger partial charge >= 0.3 is 0 Å². The van der Waals surface area contributed by atoms with Crippen molar-refractivity contribution in [2.24, 2.45) is 0 Å². The van der Waals surface area contributed by atoms with Gasteiger partial charge in [-0.25, -0.2) is 0 Å². The monoisotopic (exact) mass is 322 g/mol. The summed E-state index contributed by atoms with van der Waals surface area (Å²) in [5, 5.41) is 7.35. The van der Waals surface area contributed by atoms with Crippen LogP contribution in [0.25, 0.3) is 0 Å². The summed E-state index contributed by atoms with van der Waals surface area (Å²) in [5.74, 6) is -0.0409. The predicted molar refractivity (Wildman–Crippen MR) is 87.9 cm³/mol. The molecule has 5 heteroatoms. The van der Waals surface area contributed by atoms with Gasteiger partial charge in [-0.05, 0) is 35.9 Å². The van der Waals surface area contributed by atoms with Crippen LogP contribution in [0.1, 0.15) is 12.0 Å². The molecule has 0 aliphatic rings. The molecule has 0 heterocycles. The van der Waals surface area contributed by atoms with Crippen LogP contribution in [0.5, 0.6) is 0 Å². The molecule has 0 aliphatic carbocycles. The van der Waals surface area contributed by atoms with Gasteiger partial charge in [0.2, 0.25) is 5.91 Å². The van der Waals surface area contributed by atoms with E-state index in [4.69, 9.17) is 23.2 Å². The molecule has 2 aromatic carbocycles. The molecule has 0 bridgehead atoms. The van der Waals surface area contributed by atoms with Crippen LogP contribution >= 0.6 is 23.2 Å². The van der Waals surface area contributed by atoms with Gasteiger partial charge in [-0.1, -0.05) is 41.4 Å². The second-order valence-corrected chi connectivity index (χ2v) is 5.48. The lowest BCUT2D eigenvalue weighted by Crippen LogP contribution is -2.21. The minimum atomic E-state index is -0.0409. The van der Waals surface area contributed by atoms with Crippen molar-refractivity contribution in [1.82, 2.24) is 5.32 Å². The molecule has 0 atom stereocenters. The number of benzene rings is 2. The molecule has 110 valence electrons. The molecule has 0 unspecified atom stereocenters. The first kappa shape index (κ1) is 15.8. The summed E-state index contributed by atoms with van der Waals surface area (Å²) in [6.45, 7) is 1.32. The molecule has 0 saturated carbocycles. The van der Waals surface area contributed by atoms with Crippen molar-refractivity contribution in [3.05, 3.63) is 64.1 Å². The van der Waals surface area contributed by atoms with Crippen molar-refractivity contribution in [2.75, 3.05) is 11.9 Å². The Labute approximate surface area is 134 Å². The molecule has 0 aliphatic heterocycles. The maximum atomic E-state index is 11.8. The normalized spacial score (nSPS) is 10.4. The fourth-order valence-corrected chi connectivity index (χ4v) is 2.14. The molecule has 0 spiro atoms. The van der Waals surface area contributed by atoms with Crippen LogP contribution < -0.4 is 10.6 Å². The number of carbonyl (C=O) groups is 1. The Balaban J connectivity index is 1.68. The van der Waals surface area contributed by atoms with E-state index >= 15 is 0 Å². The van der Waals surface area contributed by atoms with E-state index in [0.29, 0.717) is 30.2 Å². The number of hydrogen-bond donors (Lipinski definition) is 2. The molecule has 0 aromatic heterocycles. The van der Waals surface area contributed by atoms with Crippen molar-refractivity contribution in [3.8, 4) is 0 Å². The minimum absolute atomic E-state index is 0.0409. The van der Waals surface area contributed by atoms with Gasteiger partial charge in [-0.3, -0.25) is 4.79 Å². The summed E-state index contributed by atoms with van der Waals surface area (Å²) < 4.78 is 0. The Morgan fingerprint density at radius 3 is 2.48 bits per heavy atom. The highest BCUT2D eigenvalue weighted by molar-refractivity contribution is 6.31. The van der Waals surface area contributed by atoms with Crippen molar-refractivity contribution >= 4 is 34.8 Å². The number of amides is 1. The van der Waals surface area contributed by atoms with Crippen molar-refractivity contribution in [2.45, 2.75) is 13.0 Å². The van der Waals surface area contributed by atoms with Gasteiger partial charge in [-0.15, -0.1) is 0 Å². The second kappa shape index (κ2) is 8.03. The van der Waals surface area contributed by atoms with Crippen LogP contribution in [0.15, 0.2) is 48.5 Å². The third-order valence-electron chi connectivity index (χ3n) is 2.88. The zero-order valence-corrected chi connectivity index (χ0v) is 12.9. The van der Waals surface area contributed by atoms with E-state index in [1.54, 1.807) is 18.2 Å². The van der Waals surface area contributed by atoms with Crippen LogP contribution in [0, 0.1) is 0 Å². The summed E-state index contributed by atoms with van der Waals surface area (Å²) >= 11 is 11.7. The molecule has 0 saturated heterocycles. The van der Waals surface area contributed by atoms with Crippen molar-refractivity contribution in [3.63, 3.8) is 0 Å². The summed E-state index contributed by atoms with van der Waals surface area (Å²) in [6.07, 6.45) is 0.403. The lowest BCUT2D eigenvalue weighted by atomic mass is 10.2. The number of rotatable bonds is 6.